The number of nitrogens with one attached hydrogen (secondary N) is 1. The molecular formula is C16H27NO4. The van der Waals surface area contributed by atoms with Crippen molar-refractivity contribution < 1.29 is 19.7 Å². The van der Waals surface area contributed by atoms with Gasteiger partial charge in [0.25, 0.3) is 0 Å². The molecule has 0 aliphatic heterocycles. The third-order valence-corrected chi connectivity index (χ3v) is 3.41. The Morgan fingerprint density at radius 3 is 2.67 bits per heavy atom. The summed E-state index contributed by atoms with van der Waals surface area (Å²) in [5, 5.41) is 22.0. The lowest BCUT2D eigenvalue weighted by molar-refractivity contribution is 0.105. The van der Waals surface area contributed by atoms with Crippen molar-refractivity contribution in [2.75, 3.05) is 33.4 Å². The van der Waals surface area contributed by atoms with Crippen LogP contribution in [0.4, 0.5) is 0 Å². The molecule has 0 saturated heterocycles. The number of hydrogen-bond donors (Lipinski definition) is 3. The highest BCUT2D eigenvalue weighted by atomic mass is 16.5. The van der Waals surface area contributed by atoms with E-state index >= 15 is 0 Å². The first-order chi connectivity index (χ1) is 10.2. The molecule has 0 spiro atoms. The van der Waals surface area contributed by atoms with Crippen LogP contribution in [0, 0.1) is 5.92 Å². The number of aliphatic hydroxyl groups is 2. The Balaban J connectivity index is 2.22. The second kappa shape index (κ2) is 10.4. The van der Waals surface area contributed by atoms with Crippen LogP contribution in [-0.2, 0) is 0 Å². The number of methoxy groups -OCH3 is 1. The van der Waals surface area contributed by atoms with E-state index in [-0.39, 0.29) is 13.2 Å². The van der Waals surface area contributed by atoms with Gasteiger partial charge in [0.05, 0.1) is 7.11 Å². The van der Waals surface area contributed by atoms with Crippen LogP contribution in [0.5, 0.6) is 11.5 Å². The maximum atomic E-state index is 9.88. The van der Waals surface area contributed by atoms with Crippen molar-refractivity contribution in [2.45, 2.75) is 25.9 Å². The molecule has 0 aromatic heterocycles. The lowest BCUT2D eigenvalue weighted by Crippen LogP contribution is -2.34. The van der Waals surface area contributed by atoms with E-state index in [1.54, 1.807) is 13.2 Å². The molecule has 0 fully saturated rings. The number of aliphatic hydroxyl groups excluding tert-OH is 2. The minimum Gasteiger partial charge on any atom is -0.497 e. The van der Waals surface area contributed by atoms with Crippen LogP contribution >= 0.6 is 0 Å². The fourth-order valence-electron chi connectivity index (χ4n) is 2.03. The number of rotatable bonds is 11. The molecule has 0 aliphatic rings. The van der Waals surface area contributed by atoms with Gasteiger partial charge in [0.15, 0.2) is 0 Å². The maximum Gasteiger partial charge on any atom is 0.123 e. The first-order valence-corrected chi connectivity index (χ1v) is 7.46. The van der Waals surface area contributed by atoms with Gasteiger partial charge in [-0.2, -0.15) is 0 Å². The zero-order chi connectivity index (χ0) is 15.5. The van der Waals surface area contributed by atoms with Gasteiger partial charge in [0, 0.05) is 19.2 Å². The highest BCUT2D eigenvalue weighted by molar-refractivity contribution is 5.32. The summed E-state index contributed by atoms with van der Waals surface area (Å²) < 4.78 is 10.6. The van der Waals surface area contributed by atoms with Gasteiger partial charge in [-0.15, -0.1) is 0 Å². The lowest BCUT2D eigenvalue weighted by Gasteiger charge is -2.17. The second-order valence-corrected chi connectivity index (χ2v) is 5.09. The van der Waals surface area contributed by atoms with Crippen LogP contribution in [0.2, 0.25) is 0 Å². The van der Waals surface area contributed by atoms with Gasteiger partial charge in [-0.3, -0.25) is 0 Å². The quantitative estimate of drug-likeness (QED) is 0.576. The molecule has 0 heterocycles. The average molecular weight is 297 g/mol. The monoisotopic (exact) mass is 297 g/mol. The van der Waals surface area contributed by atoms with Crippen molar-refractivity contribution >= 4 is 0 Å². The van der Waals surface area contributed by atoms with Gasteiger partial charge in [-0.05, 0) is 31.0 Å². The summed E-state index contributed by atoms with van der Waals surface area (Å²) in [5.74, 6) is 1.86. The third kappa shape index (κ3) is 7.32. The van der Waals surface area contributed by atoms with E-state index in [9.17, 15) is 5.11 Å². The van der Waals surface area contributed by atoms with Crippen molar-refractivity contribution in [1.82, 2.24) is 5.32 Å². The SMILES string of the molecule is CCC(CCO)CNCC(O)COc1cccc(OC)c1. The van der Waals surface area contributed by atoms with E-state index < -0.39 is 6.10 Å². The largest absolute Gasteiger partial charge is 0.497 e. The van der Waals surface area contributed by atoms with Crippen LogP contribution in [0.15, 0.2) is 24.3 Å². The third-order valence-electron chi connectivity index (χ3n) is 3.41. The van der Waals surface area contributed by atoms with Crippen LogP contribution in [0.25, 0.3) is 0 Å². The highest BCUT2D eigenvalue weighted by Gasteiger charge is 2.08. The summed E-state index contributed by atoms with van der Waals surface area (Å²) >= 11 is 0. The van der Waals surface area contributed by atoms with Crippen molar-refractivity contribution in [3.8, 4) is 11.5 Å². The van der Waals surface area contributed by atoms with E-state index in [2.05, 4.69) is 12.2 Å². The Bertz CT molecular complexity index is 386. The molecule has 0 radical (unpaired) electrons. The van der Waals surface area contributed by atoms with Crippen LogP contribution < -0.4 is 14.8 Å². The van der Waals surface area contributed by atoms with Crippen molar-refractivity contribution in [1.29, 1.82) is 0 Å². The molecule has 120 valence electrons. The lowest BCUT2D eigenvalue weighted by atomic mass is 10.0. The summed E-state index contributed by atoms with van der Waals surface area (Å²) in [5.41, 5.74) is 0. The predicted molar refractivity (Wildman–Crippen MR) is 82.8 cm³/mol. The van der Waals surface area contributed by atoms with Crippen molar-refractivity contribution in [3.05, 3.63) is 24.3 Å². The van der Waals surface area contributed by atoms with Gasteiger partial charge in [-0.25, -0.2) is 0 Å². The fraction of sp³-hybridized carbons (Fsp3) is 0.625. The van der Waals surface area contributed by atoms with Crippen LogP contribution in [-0.4, -0.2) is 49.7 Å². The molecule has 1 rings (SSSR count). The Hall–Kier alpha value is -1.30. The average Bonchev–Trinajstić information content (AvgIpc) is 2.52. The fourth-order valence-corrected chi connectivity index (χ4v) is 2.03. The molecule has 0 saturated carbocycles. The zero-order valence-electron chi connectivity index (χ0n) is 12.9. The van der Waals surface area contributed by atoms with E-state index in [1.165, 1.54) is 0 Å². The van der Waals surface area contributed by atoms with E-state index in [0.29, 0.717) is 18.2 Å². The molecule has 3 N–H and O–H groups in total. The second-order valence-electron chi connectivity index (χ2n) is 5.09. The molecule has 0 aliphatic carbocycles. The van der Waals surface area contributed by atoms with Gasteiger partial charge < -0.3 is 25.0 Å². The predicted octanol–water partition coefficient (Wildman–Crippen LogP) is 1.43. The molecule has 1 aromatic rings. The van der Waals surface area contributed by atoms with Gasteiger partial charge in [0.1, 0.15) is 24.2 Å². The first kappa shape index (κ1) is 17.8. The maximum absolute atomic E-state index is 9.88. The smallest absolute Gasteiger partial charge is 0.123 e. The van der Waals surface area contributed by atoms with Gasteiger partial charge >= 0.3 is 0 Å². The van der Waals surface area contributed by atoms with E-state index in [4.69, 9.17) is 14.6 Å². The molecule has 2 atom stereocenters. The molecule has 0 amide bonds. The first-order valence-electron chi connectivity index (χ1n) is 7.46. The molecule has 5 heteroatoms. The minimum atomic E-state index is -0.567. The Morgan fingerprint density at radius 2 is 2.00 bits per heavy atom. The van der Waals surface area contributed by atoms with Crippen LogP contribution in [0.1, 0.15) is 19.8 Å². The van der Waals surface area contributed by atoms with Crippen molar-refractivity contribution in [3.63, 3.8) is 0 Å². The standard InChI is InChI=1S/C16H27NO4/c1-3-13(7-8-18)10-17-11-14(19)12-21-16-6-4-5-15(9-16)20-2/h4-6,9,13-14,17-19H,3,7-8,10-12H2,1-2H3. The van der Waals surface area contributed by atoms with E-state index in [1.807, 2.05) is 18.2 Å². The Kier molecular flexibility index (Phi) is 8.82. The molecule has 5 nitrogen and oxygen atoms in total. The number of hydrogen-bond acceptors (Lipinski definition) is 5. The summed E-state index contributed by atoms with van der Waals surface area (Å²) in [4.78, 5) is 0. The molecule has 21 heavy (non-hydrogen) atoms. The van der Waals surface area contributed by atoms with E-state index in [0.717, 1.165) is 25.1 Å². The summed E-state index contributed by atoms with van der Waals surface area (Å²) in [6.07, 6.45) is 1.24. The van der Waals surface area contributed by atoms with Crippen molar-refractivity contribution in [2.24, 2.45) is 5.92 Å². The minimum absolute atomic E-state index is 0.210. The molecule has 1 aromatic carbocycles. The Morgan fingerprint density at radius 1 is 1.24 bits per heavy atom. The van der Waals surface area contributed by atoms with Crippen LogP contribution in [0.3, 0.4) is 0 Å². The number of ether oxygens (including phenoxy) is 2. The molecular weight excluding hydrogens is 270 g/mol. The highest BCUT2D eigenvalue weighted by Crippen LogP contribution is 2.18. The zero-order valence-corrected chi connectivity index (χ0v) is 12.9. The molecule has 0 bridgehead atoms. The topological polar surface area (TPSA) is 71.0 Å². The normalized spacial score (nSPS) is 13.7. The Labute approximate surface area is 126 Å². The number of benzene rings is 1. The van der Waals surface area contributed by atoms with Gasteiger partial charge in [0.2, 0.25) is 0 Å². The van der Waals surface area contributed by atoms with Gasteiger partial charge in [-0.1, -0.05) is 19.4 Å². The summed E-state index contributed by atoms with van der Waals surface area (Å²) in [6.45, 7) is 3.82. The molecule has 2 unspecified atom stereocenters. The summed E-state index contributed by atoms with van der Waals surface area (Å²) in [6, 6.07) is 7.31. The summed E-state index contributed by atoms with van der Waals surface area (Å²) in [7, 11) is 1.61.